The van der Waals surface area contributed by atoms with Crippen LogP contribution in [0.25, 0.3) is 0 Å². The molecule has 0 saturated carbocycles. The Hall–Kier alpha value is -2.88. The molecule has 0 aliphatic heterocycles. The van der Waals surface area contributed by atoms with Crippen molar-refractivity contribution < 1.29 is 9.18 Å². The van der Waals surface area contributed by atoms with Crippen LogP contribution in [-0.2, 0) is 13.1 Å². The van der Waals surface area contributed by atoms with Crippen LogP contribution >= 0.6 is 0 Å². The van der Waals surface area contributed by atoms with E-state index in [1.165, 1.54) is 17.7 Å². The van der Waals surface area contributed by atoms with E-state index >= 15 is 0 Å². The van der Waals surface area contributed by atoms with Gasteiger partial charge in [-0.2, -0.15) is 0 Å². The number of benzene rings is 2. The van der Waals surface area contributed by atoms with Gasteiger partial charge in [0, 0.05) is 30.5 Å². The van der Waals surface area contributed by atoms with Gasteiger partial charge in [0.25, 0.3) is 5.91 Å². The average Bonchev–Trinajstić information content (AvgIpc) is 3.12. The highest BCUT2D eigenvalue weighted by molar-refractivity contribution is 5.94. The summed E-state index contributed by atoms with van der Waals surface area (Å²) in [5, 5.41) is 0. The highest BCUT2D eigenvalue weighted by atomic mass is 19.1. The van der Waals surface area contributed by atoms with Gasteiger partial charge in [-0.15, -0.1) is 0 Å². The molecule has 0 fully saturated rings. The Morgan fingerprint density at radius 2 is 1.85 bits per heavy atom. The van der Waals surface area contributed by atoms with Crippen molar-refractivity contribution in [2.75, 3.05) is 6.54 Å². The van der Waals surface area contributed by atoms with Gasteiger partial charge in [0.2, 0.25) is 0 Å². The molecule has 1 amide bonds. The normalized spacial score (nSPS) is 10.7. The second kappa shape index (κ2) is 9.17. The average molecular weight is 364 g/mol. The Bertz CT molecular complexity index is 873. The Morgan fingerprint density at radius 1 is 1.04 bits per heavy atom. The number of halogens is 1. The maximum Gasteiger partial charge on any atom is 0.254 e. The molecule has 3 nitrogen and oxygen atoms in total. The summed E-state index contributed by atoms with van der Waals surface area (Å²) >= 11 is 0. The molecule has 0 atom stereocenters. The van der Waals surface area contributed by atoms with Crippen LogP contribution in [0.5, 0.6) is 0 Å². The summed E-state index contributed by atoms with van der Waals surface area (Å²) in [5.74, 6) is -0.515. The molecule has 0 spiro atoms. The fourth-order valence-corrected chi connectivity index (χ4v) is 3.13. The summed E-state index contributed by atoms with van der Waals surface area (Å²) < 4.78 is 15.7. The quantitative estimate of drug-likeness (QED) is 0.545. The minimum atomic E-state index is -0.385. The van der Waals surface area contributed by atoms with Crippen LogP contribution in [0, 0.1) is 5.82 Å². The summed E-state index contributed by atoms with van der Waals surface area (Å²) in [5.41, 5.74) is 2.68. The molecule has 0 radical (unpaired) electrons. The number of hydrogen-bond donors (Lipinski definition) is 0. The third-order valence-corrected chi connectivity index (χ3v) is 4.61. The van der Waals surface area contributed by atoms with Crippen LogP contribution in [0.3, 0.4) is 0 Å². The zero-order chi connectivity index (χ0) is 19.1. The van der Waals surface area contributed by atoms with Crippen LogP contribution in [-0.4, -0.2) is 21.9 Å². The summed E-state index contributed by atoms with van der Waals surface area (Å²) in [6, 6.07) is 20.2. The molecule has 2 aromatic carbocycles. The standard InChI is InChI=1S/C23H25FN2O/c1-2-3-14-26(23(27)20-11-7-12-21(24)16-20)18-22-13-8-15-25(22)17-19-9-5-4-6-10-19/h4-13,15-16H,2-3,14,17-18H2,1H3. The molecule has 0 unspecified atom stereocenters. The summed E-state index contributed by atoms with van der Waals surface area (Å²) in [7, 11) is 0. The summed E-state index contributed by atoms with van der Waals surface area (Å²) in [4.78, 5) is 14.8. The van der Waals surface area contributed by atoms with Crippen molar-refractivity contribution in [2.24, 2.45) is 0 Å². The topological polar surface area (TPSA) is 25.2 Å². The highest BCUT2D eigenvalue weighted by Crippen LogP contribution is 2.15. The van der Waals surface area contributed by atoms with Crippen LogP contribution in [0.4, 0.5) is 4.39 Å². The monoisotopic (exact) mass is 364 g/mol. The van der Waals surface area contributed by atoms with Crippen molar-refractivity contribution in [3.8, 4) is 0 Å². The maximum absolute atomic E-state index is 13.6. The van der Waals surface area contributed by atoms with E-state index < -0.39 is 0 Å². The van der Waals surface area contributed by atoms with Gasteiger partial charge in [-0.1, -0.05) is 49.7 Å². The first-order chi connectivity index (χ1) is 13.2. The molecular weight excluding hydrogens is 339 g/mol. The third-order valence-electron chi connectivity index (χ3n) is 4.61. The van der Waals surface area contributed by atoms with Crippen molar-refractivity contribution in [1.82, 2.24) is 9.47 Å². The Labute approximate surface area is 160 Å². The number of aromatic nitrogens is 1. The van der Waals surface area contributed by atoms with Gasteiger partial charge < -0.3 is 9.47 Å². The first-order valence-electron chi connectivity index (χ1n) is 9.40. The molecule has 4 heteroatoms. The second-order valence-electron chi connectivity index (χ2n) is 6.70. The molecule has 3 rings (SSSR count). The summed E-state index contributed by atoms with van der Waals surface area (Å²) in [6.45, 7) is 4.03. The SMILES string of the molecule is CCCCN(Cc1cccn1Cc1ccccc1)C(=O)c1cccc(F)c1. The van der Waals surface area contributed by atoms with Gasteiger partial charge >= 0.3 is 0 Å². The minimum absolute atomic E-state index is 0.129. The smallest absolute Gasteiger partial charge is 0.254 e. The van der Waals surface area contributed by atoms with Gasteiger partial charge in [0.05, 0.1) is 6.54 Å². The van der Waals surface area contributed by atoms with E-state index in [1.54, 1.807) is 12.1 Å². The first-order valence-corrected chi connectivity index (χ1v) is 9.40. The number of unbranched alkanes of at least 4 members (excludes halogenated alkanes) is 1. The van der Waals surface area contributed by atoms with Gasteiger partial charge in [-0.25, -0.2) is 4.39 Å². The summed E-state index contributed by atoms with van der Waals surface area (Å²) in [6.07, 6.45) is 3.95. The predicted octanol–water partition coefficient (Wildman–Crippen LogP) is 5.12. The van der Waals surface area contributed by atoms with E-state index in [0.29, 0.717) is 18.7 Å². The molecule has 0 saturated heterocycles. The number of rotatable bonds is 8. The lowest BCUT2D eigenvalue weighted by molar-refractivity contribution is 0.0736. The third kappa shape index (κ3) is 5.07. The molecule has 1 heterocycles. The van der Waals surface area contributed by atoms with E-state index in [2.05, 4.69) is 23.6 Å². The van der Waals surface area contributed by atoms with E-state index in [1.807, 2.05) is 41.4 Å². The molecule has 3 aromatic rings. The lowest BCUT2D eigenvalue weighted by atomic mass is 10.1. The van der Waals surface area contributed by atoms with E-state index in [0.717, 1.165) is 25.1 Å². The number of amides is 1. The minimum Gasteiger partial charge on any atom is -0.345 e. The Morgan fingerprint density at radius 3 is 2.59 bits per heavy atom. The fourth-order valence-electron chi connectivity index (χ4n) is 3.13. The lowest BCUT2D eigenvalue weighted by Gasteiger charge is -2.24. The van der Waals surface area contributed by atoms with E-state index in [4.69, 9.17) is 0 Å². The van der Waals surface area contributed by atoms with Crippen molar-refractivity contribution in [1.29, 1.82) is 0 Å². The van der Waals surface area contributed by atoms with Crippen molar-refractivity contribution >= 4 is 5.91 Å². The molecule has 140 valence electrons. The molecule has 0 aliphatic carbocycles. The van der Waals surface area contributed by atoms with Crippen LogP contribution in [0.2, 0.25) is 0 Å². The van der Waals surface area contributed by atoms with Gasteiger partial charge in [-0.3, -0.25) is 4.79 Å². The highest BCUT2D eigenvalue weighted by Gasteiger charge is 2.17. The number of nitrogens with zero attached hydrogens (tertiary/aromatic N) is 2. The van der Waals surface area contributed by atoms with Gasteiger partial charge in [-0.05, 0) is 42.3 Å². The van der Waals surface area contributed by atoms with Crippen LogP contribution in [0.15, 0.2) is 72.9 Å². The van der Waals surface area contributed by atoms with Crippen molar-refractivity contribution in [3.05, 3.63) is 95.6 Å². The Balaban J connectivity index is 1.79. The maximum atomic E-state index is 13.6. The Kier molecular flexibility index (Phi) is 6.42. The first kappa shape index (κ1) is 18.9. The fraction of sp³-hybridized carbons (Fsp3) is 0.261. The van der Waals surface area contributed by atoms with Crippen molar-refractivity contribution in [3.63, 3.8) is 0 Å². The lowest BCUT2D eigenvalue weighted by Crippen LogP contribution is -2.32. The van der Waals surface area contributed by atoms with E-state index in [-0.39, 0.29) is 11.7 Å². The molecule has 0 bridgehead atoms. The largest absolute Gasteiger partial charge is 0.345 e. The molecule has 0 aliphatic rings. The number of carbonyl (C=O) groups is 1. The second-order valence-corrected chi connectivity index (χ2v) is 6.70. The van der Waals surface area contributed by atoms with E-state index in [9.17, 15) is 9.18 Å². The predicted molar refractivity (Wildman–Crippen MR) is 106 cm³/mol. The van der Waals surface area contributed by atoms with Crippen molar-refractivity contribution in [2.45, 2.75) is 32.9 Å². The molecule has 27 heavy (non-hydrogen) atoms. The molecule has 0 N–H and O–H groups in total. The van der Waals surface area contributed by atoms with Gasteiger partial charge in [0.1, 0.15) is 5.82 Å². The zero-order valence-electron chi connectivity index (χ0n) is 15.6. The number of carbonyl (C=O) groups excluding carboxylic acids is 1. The number of hydrogen-bond acceptors (Lipinski definition) is 1. The molecule has 1 aromatic heterocycles. The zero-order valence-corrected chi connectivity index (χ0v) is 15.6. The van der Waals surface area contributed by atoms with Crippen LogP contribution < -0.4 is 0 Å². The van der Waals surface area contributed by atoms with Gasteiger partial charge in [0.15, 0.2) is 0 Å². The molecular formula is C23H25FN2O. The van der Waals surface area contributed by atoms with Crippen LogP contribution in [0.1, 0.15) is 41.4 Å².